The van der Waals surface area contributed by atoms with Crippen LogP contribution in [-0.2, 0) is 41.4 Å². The summed E-state index contributed by atoms with van der Waals surface area (Å²) in [7, 11) is 4.89. The molecule has 8 unspecified atom stereocenters. The first-order chi connectivity index (χ1) is 23.6. The number of esters is 1. The molecule has 1 saturated heterocycles. The Morgan fingerprint density at radius 2 is 1.92 bits per heavy atom. The summed E-state index contributed by atoms with van der Waals surface area (Å²) < 4.78 is 24.0. The zero-order valence-corrected chi connectivity index (χ0v) is 32.6. The predicted octanol–water partition coefficient (Wildman–Crippen LogP) is 5.98. The third kappa shape index (κ3) is 9.92. The van der Waals surface area contributed by atoms with Crippen molar-refractivity contribution in [2.45, 2.75) is 123 Å². The summed E-state index contributed by atoms with van der Waals surface area (Å²) >= 11 is 4.21. The van der Waals surface area contributed by atoms with Crippen LogP contribution in [0.5, 0.6) is 5.75 Å². The molecule has 0 saturated carbocycles. The van der Waals surface area contributed by atoms with Gasteiger partial charge in [0.15, 0.2) is 5.72 Å². The Bertz CT molecular complexity index is 1410. The number of hydrogen-bond donors (Lipinski definition) is 3. The van der Waals surface area contributed by atoms with Crippen LogP contribution < -0.4 is 15.0 Å². The number of allylic oxidation sites excluding steroid dienone is 3. The maximum absolute atomic E-state index is 14.1. The van der Waals surface area contributed by atoms with Gasteiger partial charge in [-0.15, -0.1) is 0 Å². The average Bonchev–Trinajstić information content (AvgIpc) is 3.77. The normalized spacial score (nSPS) is 31.5. The summed E-state index contributed by atoms with van der Waals surface area (Å²) in [4.78, 5) is 41.9. The smallest absolute Gasteiger partial charge is 0.307 e. The number of rotatable bonds is 10. The van der Waals surface area contributed by atoms with E-state index in [1.54, 1.807) is 25.1 Å². The van der Waals surface area contributed by atoms with Crippen molar-refractivity contribution < 1.29 is 38.4 Å². The Morgan fingerprint density at radius 1 is 1.22 bits per heavy atom. The molecule has 2 amide bonds. The zero-order chi connectivity index (χ0) is 37.4. The van der Waals surface area contributed by atoms with E-state index >= 15 is 0 Å². The highest BCUT2D eigenvalue weighted by Crippen LogP contribution is 2.49. The van der Waals surface area contributed by atoms with Crippen LogP contribution in [0.4, 0.5) is 5.69 Å². The Hall–Kier alpha value is -2.86. The lowest BCUT2D eigenvalue weighted by Gasteiger charge is -2.38. The Kier molecular flexibility index (Phi) is 15.0. The predicted molar refractivity (Wildman–Crippen MR) is 200 cm³/mol. The summed E-state index contributed by atoms with van der Waals surface area (Å²) in [6.45, 7) is 13.7. The van der Waals surface area contributed by atoms with Crippen LogP contribution in [0.2, 0.25) is 0 Å². The lowest BCUT2D eigenvalue weighted by molar-refractivity contribution is -0.153. The van der Waals surface area contributed by atoms with Crippen LogP contribution in [0.15, 0.2) is 35.9 Å². The highest BCUT2D eigenvalue weighted by molar-refractivity contribution is 7.80. The number of aliphatic hydroxyl groups is 1. The summed E-state index contributed by atoms with van der Waals surface area (Å²) in [5.74, 6) is -0.587. The molecule has 2 heterocycles. The van der Waals surface area contributed by atoms with E-state index in [0.717, 1.165) is 28.8 Å². The van der Waals surface area contributed by atoms with E-state index in [-0.39, 0.29) is 54.9 Å². The summed E-state index contributed by atoms with van der Waals surface area (Å²) in [6.07, 6.45) is 6.37. The molecular formula is C39H60N2O8S. The topological polar surface area (TPSA) is 127 Å². The van der Waals surface area contributed by atoms with E-state index in [4.69, 9.17) is 18.9 Å². The lowest BCUT2D eigenvalue weighted by Crippen LogP contribution is -2.59. The molecule has 0 spiro atoms. The molecule has 2 aliphatic rings. The number of thiol groups is 1. The first kappa shape index (κ1) is 41.6. The molecule has 10 nitrogen and oxygen atoms in total. The number of fused-ring (bicyclic) bond motifs is 3. The number of nitrogens with zero attached hydrogens (tertiary/aromatic N) is 1. The van der Waals surface area contributed by atoms with Crippen molar-refractivity contribution in [1.29, 1.82) is 0 Å². The molecule has 0 aromatic heterocycles. The molecule has 2 bridgehead atoms. The van der Waals surface area contributed by atoms with Gasteiger partial charge in [-0.25, -0.2) is 0 Å². The summed E-state index contributed by atoms with van der Waals surface area (Å²) in [5.41, 5.74) is 0.967. The summed E-state index contributed by atoms with van der Waals surface area (Å²) in [6, 6.07) is 4.03. The van der Waals surface area contributed by atoms with Crippen LogP contribution in [0.25, 0.3) is 0 Å². The van der Waals surface area contributed by atoms with Crippen molar-refractivity contribution in [3.63, 3.8) is 0 Å². The molecule has 2 N–H and O–H groups in total. The highest BCUT2D eigenvalue weighted by Gasteiger charge is 2.63. The average molecular weight is 717 g/mol. The minimum absolute atomic E-state index is 0.0927. The molecule has 2 aliphatic heterocycles. The van der Waals surface area contributed by atoms with E-state index in [0.29, 0.717) is 30.8 Å². The number of hydrogen-bond acceptors (Lipinski definition) is 9. The number of anilines is 1. The van der Waals surface area contributed by atoms with Crippen LogP contribution in [0.1, 0.15) is 91.7 Å². The van der Waals surface area contributed by atoms with Crippen LogP contribution >= 0.6 is 12.6 Å². The molecule has 50 heavy (non-hydrogen) atoms. The van der Waals surface area contributed by atoms with Gasteiger partial charge >= 0.3 is 5.97 Å². The van der Waals surface area contributed by atoms with Crippen molar-refractivity contribution in [3.8, 4) is 5.75 Å². The van der Waals surface area contributed by atoms with Gasteiger partial charge in [-0.1, -0.05) is 64.8 Å². The highest BCUT2D eigenvalue weighted by atomic mass is 32.1. The SMILES string of the molecule is CCCc1c(OC)cc2cc1N(C)C(=O)CC(OC(=O)CCS)C1(C)OC1C(C)C(C)CC(O)(NC(=O)C(C)CC)C(OC)/C=C/C=C(\C)C2. The van der Waals surface area contributed by atoms with Crippen LogP contribution in [0, 0.1) is 17.8 Å². The first-order valence-corrected chi connectivity index (χ1v) is 18.6. The zero-order valence-electron chi connectivity index (χ0n) is 31.7. The van der Waals surface area contributed by atoms with Gasteiger partial charge in [0.1, 0.15) is 23.6 Å². The van der Waals surface area contributed by atoms with Crippen molar-refractivity contribution in [3.05, 3.63) is 47.1 Å². The molecule has 11 heteroatoms. The second kappa shape index (κ2) is 18.1. The minimum atomic E-state index is -1.73. The molecule has 0 aliphatic carbocycles. The second-order valence-corrected chi connectivity index (χ2v) is 14.8. The third-order valence-electron chi connectivity index (χ3n) is 10.5. The number of carbonyl (C=O) groups is 3. The molecule has 1 aromatic rings. The van der Waals surface area contributed by atoms with Gasteiger partial charge in [-0.2, -0.15) is 12.6 Å². The maximum Gasteiger partial charge on any atom is 0.307 e. The van der Waals surface area contributed by atoms with Gasteiger partial charge in [0.05, 0.1) is 31.7 Å². The van der Waals surface area contributed by atoms with Crippen molar-refractivity contribution in [2.75, 3.05) is 31.9 Å². The number of methoxy groups -OCH3 is 2. The van der Waals surface area contributed by atoms with Gasteiger partial charge in [-0.05, 0) is 62.6 Å². The molecule has 1 fully saturated rings. The van der Waals surface area contributed by atoms with Gasteiger partial charge in [0, 0.05) is 37.8 Å². The van der Waals surface area contributed by atoms with E-state index < -0.39 is 29.5 Å². The minimum Gasteiger partial charge on any atom is -0.496 e. The maximum atomic E-state index is 14.1. The van der Waals surface area contributed by atoms with Crippen molar-refractivity contribution in [2.24, 2.45) is 17.8 Å². The third-order valence-corrected chi connectivity index (χ3v) is 10.7. The number of ether oxygens (including phenoxy) is 4. The molecule has 3 rings (SSSR count). The van der Waals surface area contributed by atoms with Crippen LogP contribution in [-0.4, -0.2) is 79.5 Å². The Labute approximate surface area is 304 Å². The van der Waals surface area contributed by atoms with Gasteiger partial charge in [0.25, 0.3) is 0 Å². The quantitative estimate of drug-likeness (QED) is 0.117. The van der Waals surface area contributed by atoms with Crippen LogP contribution in [0.3, 0.4) is 0 Å². The lowest BCUT2D eigenvalue weighted by atomic mass is 9.79. The second-order valence-electron chi connectivity index (χ2n) is 14.4. The number of carbonyl (C=O) groups excluding carboxylic acids is 3. The van der Waals surface area contributed by atoms with E-state index in [1.165, 1.54) is 7.11 Å². The fourth-order valence-corrected chi connectivity index (χ4v) is 7.05. The van der Waals surface area contributed by atoms with E-state index in [1.807, 2.05) is 65.8 Å². The van der Waals surface area contributed by atoms with E-state index in [2.05, 4.69) is 24.9 Å². The number of nitrogens with one attached hydrogen (secondary N) is 1. The van der Waals surface area contributed by atoms with Crippen molar-refractivity contribution >= 4 is 36.1 Å². The number of epoxide rings is 1. The Morgan fingerprint density at radius 3 is 2.52 bits per heavy atom. The fraction of sp³-hybridized carbons (Fsp3) is 0.667. The largest absolute Gasteiger partial charge is 0.496 e. The number of amides is 2. The standard InChI is InChI=1S/C39H60N2O8S/c1-11-14-29-30-20-28(21-31(29)46-9)19-24(3)15-13-16-32(47-10)39(45,40-37(44)25(4)12-2)23-26(5)27(6)36-38(7,49-36)33(22-34(42)41(30)8)48-35(43)17-18-50/h13,15-16,20-21,25-27,32-33,36,45,50H,11-12,14,17-19,22-23H2,1-10H3,(H,40,44)/b16-13+,24-15+. The molecular weight excluding hydrogens is 657 g/mol. The Balaban J connectivity index is 2.18. The molecule has 8 atom stereocenters. The monoisotopic (exact) mass is 716 g/mol. The van der Waals surface area contributed by atoms with Gasteiger partial charge in [0.2, 0.25) is 11.8 Å². The van der Waals surface area contributed by atoms with Crippen molar-refractivity contribution in [1.82, 2.24) is 5.32 Å². The number of benzene rings is 1. The molecule has 0 radical (unpaired) electrons. The fourth-order valence-electron chi connectivity index (χ4n) is 6.87. The molecule has 1 aromatic carbocycles. The molecule has 280 valence electrons. The first-order valence-electron chi connectivity index (χ1n) is 17.9. The van der Waals surface area contributed by atoms with Gasteiger partial charge in [-0.3, -0.25) is 14.4 Å². The summed E-state index contributed by atoms with van der Waals surface area (Å²) in [5, 5.41) is 15.1. The van der Waals surface area contributed by atoms with E-state index in [9.17, 15) is 19.5 Å². The van der Waals surface area contributed by atoms with Gasteiger partial charge < -0.3 is 34.3 Å².